The summed E-state index contributed by atoms with van der Waals surface area (Å²) in [7, 11) is 1.79. The van der Waals surface area contributed by atoms with E-state index >= 15 is 0 Å². The Morgan fingerprint density at radius 1 is 0.474 bits per heavy atom. The third-order valence-corrected chi connectivity index (χ3v) is 23.9. The molecule has 0 N–H and O–H groups in total. The molecule has 11 nitrogen and oxygen atoms in total. The minimum absolute atomic E-state index is 0.122. The second-order valence-electron chi connectivity index (χ2n) is 28.3. The number of hydrogen-bond donors (Lipinski definition) is 0. The van der Waals surface area contributed by atoms with Crippen molar-refractivity contribution in [3.63, 3.8) is 0 Å². The lowest BCUT2D eigenvalue weighted by molar-refractivity contribution is -0.133. The maximum atomic E-state index is 13.2. The van der Waals surface area contributed by atoms with Crippen molar-refractivity contribution in [2.45, 2.75) is 135 Å². The summed E-state index contributed by atoms with van der Waals surface area (Å²) in [6, 6.07) is 48.6. The molecule has 2 atom stereocenters. The normalized spacial score (nSPS) is 20.1. The van der Waals surface area contributed by atoms with Crippen molar-refractivity contribution in [2.75, 3.05) is 92.3 Å². The third-order valence-electron chi connectivity index (χ3n) is 22.0. The van der Waals surface area contributed by atoms with Gasteiger partial charge in [0, 0.05) is 103 Å². The molecular formula is C81H98BrCl4N7O4. The van der Waals surface area contributed by atoms with Gasteiger partial charge in [0.05, 0.1) is 35.0 Å². The molecule has 0 bridgehead atoms. The molecule has 0 saturated carbocycles. The molecule has 16 heteroatoms. The first-order valence-electron chi connectivity index (χ1n) is 35.7. The van der Waals surface area contributed by atoms with Crippen LogP contribution in [-0.2, 0) is 46.4 Å². The fourth-order valence-corrected chi connectivity index (χ4v) is 17.1. The van der Waals surface area contributed by atoms with Crippen molar-refractivity contribution in [2.24, 2.45) is 23.7 Å². The number of piperidine rings is 6. The summed E-state index contributed by atoms with van der Waals surface area (Å²) in [5.74, 6) is 3.20. The second kappa shape index (κ2) is 35.8. The highest BCUT2D eigenvalue weighted by atomic mass is 79.9. The number of pyridine rings is 1. The van der Waals surface area contributed by atoms with Gasteiger partial charge in [-0.2, -0.15) is 0 Å². The van der Waals surface area contributed by atoms with E-state index in [0.29, 0.717) is 63.8 Å². The van der Waals surface area contributed by atoms with Crippen LogP contribution in [0, 0.1) is 37.5 Å². The zero-order valence-electron chi connectivity index (χ0n) is 57.1. The van der Waals surface area contributed by atoms with Crippen LogP contribution in [0.25, 0.3) is 10.9 Å². The molecule has 3 amide bonds. The van der Waals surface area contributed by atoms with Crippen LogP contribution in [0.5, 0.6) is 0 Å². The number of halogens is 5. The summed E-state index contributed by atoms with van der Waals surface area (Å²) in [6.07, 6.45) is 18.7. The molecule has 7 heterocycles. The second-order valence-corrected chi connectivity index (χ2v) is 30.9. The summed E-state index contributed by atoms with van der Waals surface area (Å²) in [5.41, 5.74) is 10.3. The first kappa shape index (κ1) is 72.9. The number of hydrogen-bond acceptors (Lipinski definition) is 8. The van der Waals surface area contributed by atoms with Crippen LogP contribution >= 0.6 is 62.3 Å². The Kier molecular flexibility index (Phi) is 26.9. The number of ether oxygens (including phenoxy) is 1. The van der Waals surface area contributed by atoms with Crippen LogP contribution < -0.4 is 0 Å². The zero-order chi connectivity index (χ0) is 67.8. The van der Waals surface area contributed by atoms with Crippen molar-refractivity contribution in [3.05, 3.63) is 215 Å². The Labute approximate surface area is 605 Å². The Hall–Kier alpha value is -5.38. The van der Waals surface area contributed by atoms with Crippen LogP contribution in [0.3, 0.4) is 0 Å². The monoisotopic (exact) mass is 1450 g/mol. The largest absolute Gasteiger partial charge is 0.384 e. The number of nitrogens with zero attached hydrogens (tertiary/aromatic N) is 7. The van der Waals surface area contributed by atoms with Crippen LogP contribution in [0.2, 0.25) is 20.1 Å². The lowest BCUT2D eigenvalue weighted by atomic mass is 9.80. The first-order chi connectivity index (χ1) is 47.1. The summed E-state index contributed by atoms with van der Waals surface area (Å²) in [4.78, 5) is 57.2. The number of methoxy groups -OCH3 is 1. The van der Waals surface area contributed by atoms with E-state index in [0.717, 1.165) is 173 Å². The van der Waals surface area contributed by atoms with Crippen molar-refractivity contribution in [1.29, 1.82) is 0 Å². The van der Waals surface area contributed by atoms with Crippen molar-refractivity contribution >= 4 is 91.0 Å². The minimum Gasteiger partial charge on any atom is -0.384 e. The summed E-state index contributed by atoms with van der Waals surface area (Å²) < 4.78 is 6.78. The number of benzene rings is 6. The van der Waals surface area contributed by atoms with Crippen molar-refractivity contribution in [1.82, 2.24) is 34.4 Å². The molecule has 6 aliphatic rings. The smallest absolute Gasteiger partial charge is 0.253 e. The van der Waals surface area contributed by atoms with Crippen LogP contribution in [0.1, 0.15) is 120 Å². The van der Waals surface area contributed by atoms with Gasteiger partial charge in [0.25, 0.3) is 5.91 Å². The van der Waals surface area contributed by atoms with Gasteiger partial charge in [-0.3, -0.25) is 24.3 Å². The topological polar surface area (TPSA) is 92.8 Å². The van der Waals surface area contributed by atoms with Crippen molar-refractivity contribution < 1.29 is 19.1 Å². The molecule has 1 aromatic heterocycles. The number of amides is 3. The van der Waals surface area contributed by atoms with E-state index in [1.54, 1.807) is 13.3 Å². The summed E-state index contributed by atoms with van der Waals surface area (Å²) >= 11 is 28.3. The van der Waals surface area contributed by atoms with Gasteiger partial charge in [-0.05, 0) is 260 Å². The molecule has 6 aromatic carbocycles. The average molecular weight is 1460 g/mol. The maximum Gasteiger partial charge on any atom is 0.253 e. The molecule has 0 spiro atoms. The molecule has 6 fully saturated rings. The standard InChI is InChI=1S/C29H33Cl2N3O2.C26H33BrN2O.C26H32Cl2N2O/c1-36-19-24-18-34(12-8-21(24)15-20-4-6-26(30)27(31)16-20)25-9-13-33(14-10-25)29(35)23-5-7-28-22(17-23)3-2-11-32-28;1-20-4-2-3-5-23(20)19-26(30)29-16-12-25(13-17-29)28-14-10-22(11-15-28)18-21-6-8-24(27)9-7-21;1-19-4-2-3-5-21(19)17-26(31)30-14-10-24(11-15-30)29-12-8-20(9-13-29)16-22-6-7-23(27)18-25(22)28/h2-7,11,16-17,21,24-25H,8-10,12-15,18-19H2,1H3;2-9,22,25H,10-19H2,1H3;2-7,18,20,24H,8-17H2,1H3/t21-,24+;;/m1../s1. The highest BCUT2D eigenvalue weighted by Gasteiger charge is 2.36. The molecule has 6 saturated heterocycles. The molecule has 7 aromatic rings. The predicted octanol–water partition coefficient (Wildman–Crippen LogP) is 17.0. The van der Waals surface area contributed by atoms with Gasteiger partial charge in [-0.1, -0.05) is 141 Å². The average Bonchev–Trinajstić information content (AvgIpc) is 0.907. The minimum atomic E-state index is 0.122. The Morgan fingerprint density at radius 3 is 1.57 bits per heavy atom. The van der Waals surface area contributed by atoms with E-state index in [2.05, 4.69) is 120 Å². The third kappa shape index (κ3) is 20.4. The quantitative estimate of drug-likeness (QED) is 0.0945. The number of carbonyl (C=O) groups is 3. The van der Waals surface area contributed by atoms with Gasteiger partial charge in [0.2, 0.25) is 11.8 Å². The zero-order valence-corrected chi connectivity index (χ0v) is 61.7. The lowest BCUT2D eigenvalue weighted by Gasteiger charge is -2.45. The summed E-state index contributed by atoms with van der Waals surface area (Å²) in [5, 5.41) is 3.72. The van der Waals surface area contributed by atoms with Crippen LogP contribution in [-0.4, -0.2) is 162 Å². The number of aromatic nitrogens is 1. The van der Waals surface area contributed by atoms with Gasteiger partial charge in [-0.25, -0.2) is 0 Å². The number of rotatable bonds is 16. The highest BCUT2D eigenvalue weighted by molar-refractivity contribution is 9.10. The summed E-state index contributed by atoms with van der Waals surface area (Å²) in [6.45, 7) is 17.0. The molecule has 6 aliphatic heterocycles. The highest BCUT2D eigenvalue weighted by Crippen LogP contribution is 2.35. The molecule has 516 valence electrons. The van der Waals surface area contributed by atoms with Gasteiger partial charge in [0.1, 0.15) is 0 Å². The number of aryl methyl sites for hydroxylation is 2. The molecule has 0 aliphatic carbocycles. The van der Waals surface area contributed by atoms with Crippen molar-refractivity contribution in [3.8, 4) is 0 Å². The number of carbonyl (C=O) groups excluding carboxylic acids is 3. The SMILES string of the molecule is COC[C@@H]1CN(C2CCN(C(=O)c3ccc4ncccc4c3)CC2)CC[C@@H]1Cc1ccc(Cl)c(Cl)c1.Cc1ccccc1CC(=O)N1CCC(N2CCC(Cc3ccc(Br)cc3)CC2)CC1.Cc1ccccc1CC(=O)N1CCC(N2CCC(Cc3ccc(Cl)cc3Cl)CC2)CC1. The molecular weight excluding hydrogens is 1360 g/mol. The number of likely N-dealkylation sites (tertiary alicyclic amines) is 6. The van der Waals surface area contributed by atoms with E-state index in [4.69, 9.17) is 51.1 Å². The Bertz CT molecular complexity index is 3710. The molecule has 13 rings (SSSR count). The lowest BCUT2D eigenvalue weighted by Crippen LogP contribution is -2.52. The van der Waals surface area contributed by atoms with Gasteiger partial charge >= 0.3 is 0 Å². The van der Waals surface area contributed by atoms with Gasteiger partial charge < -0.3 is 29.2 Å². The first-order valence-corrected chi connectivity index (χ1v) is 38.0. The van der Waals surface area contributed by atoms with Gasteiger partial charge in [-0.15, -0.1) is 0 Å². The fourth-order valence-electron chi connectivity index (χ4n) is 16.0. The number of fused-ring (bicyclic) bond motifs is 1. The van der Waals surface area contributed by atoms with Crippen LogP contribution in [0.4, 0.5) is 0 Å². The fraction of sp³-hybridized carbons (Fsp3) is 0.481. The maximum absolute atomic E-state index is 13.2. The molecule has 0 unspecified atom stereocenters. The molecule has 0 radical (unpaired) electrons. The predicted molar refractivity (Wildman–Crippen MR) is 401 cm³/mol. The van der Waals surface area contributed by atoms with Crippen LogP contribution in [0.15, 0.2) is 150 Å². The van der Waals surface area contributed by atoms with E-state index in [9.17, 15) is 14.4 Å². The van der Waals surface area contributed by atoms with Gasteiger partial charge in [0.15, 0.2) is 0 Å². The molecule has 97 heavy (non-hydrogen) atoms. The van der Waals surface area contributed by atoms with E-state index in [1.165, 1.54) is 73.0 Å². The Morgan fingerprint density at radius 2 is 1.01 bits per heavy atom. The van der Waals surface area contributed by atoms with E-state index < -0.39 is 0 Å². The van der Waals surface area contributed by atoms with E-state index in [1.807, 2.05) is 83.8 Å². The van der Waals surface area contributed by atoms with E-state index in [-0.39, 0.29) is 17.7 Å². The Balaban J connectivity index is 0.000000148.